The van der Waals surface area contributed by atoms with E-state index in [1.54, 1.807) is 18.2 Å². The molecule has 0 saturated carbocycles. The molecule has 0 aliphatic carbocycles. The standard InChI is InChI=1S/C16H20BrN3O3.ClH/c1-2-18-7-8-19-14(21)4-3-9-20-15(22)12-6-5-11(17)10-13(12)16(20)23;/h5-6,10,18H,2-4,7-9H2,1H3,(H,19,21);1H. The highest BCUT2D eigenvalue weighted by Crippen LogP contribution is 2.26. The fraction of sp³-hybridized carbons (Fsp3) is 0.438. The SMILES string of the molecule is CCNCCNC(=O)CCCN1C(=O)c2ccc(Br)cc2C1=O.Cl. The first-order valence-corrected chi connectivity index (χ1v) is 8.47. The van der Waals surface area contributed by atoms with E-state index in [2.05, 4.69) is 26.6 Å². The van der Waals surface area contributed by atoms with Gasteiger partial charge in [0.25, 0.3) is 11.8 Å². The van der Waals surface area contributed by atoms with E-state index in [9.17, 15) is 14.4 Å². The van der Waals surface area contributed by atoms with Crippen LogP contribution in [0.15, 0.2) is 22.7 Å². The molecule has 0 bridgehead atoms. The monoisotopic (exact) mass is 417 g/mol. The molecule has 0 aromatic heterocycles. The summed E-state index contributed by atoms with van der Waals surface area (Å²) in [5.74, 6) is -0.647. The first-order valence-electron chi connectivity index (χ1n) is 7.67. The van der Waals surface area contributed by atoms with Crippen molar-refractivity contribution in [2.75, 3.05) is 26.2 Å². The first kappa shape index (κ1) is 20.6. The maximum Gasteiger partial charge on any atom is 0.261 e. The fourth-order valence-corrected chi connectivity index (χ4v) is 2.78. The highest BCUT2D eigenvalue weighted by molar-refractivity contribution is 9.10. The van der Waals surface area contributed by atoms with E-state index < -0.39 is 0 Å². The smallest absolute Gasteiger partial charge is 0.261 e. The molecule has 0 fully saturated rings. The molecule has 6 nitrogen and oxygen atoms in total. The molecule has 1 aliphatic heterocycles. The van der Waals surface area contributed by atoms with Crippen LogP contribution in [0, 0.1) is 0 Å². The lowest BCUT2D eigenvalue weighted by atomic mass is 10.1. The number of halogens is 2. The number of hydrogen-bond donors (Lipinski definition) is 2. The van der Waals surface area contributed by atoms with Crippen LogP contribution in [0.5, 0.6) is 0 Å². The first-order chi connectivity index (χ1) is 11.0. The molecular formula is C16H21BrClN3O3. The van der Waals surface area contributed by atoms with E-state index in [0.29, 0.717) is 30.5 Å². The molecule has 1 aliphatic rings. The third-order valence-electron chi connectivity index (χ3n) is 3.59. The van der Waals surface area contributed by atoms with Crippen molar-refractivity contribution in [2.24, 2.45) is 0 Å². The van der Waals surface area contributed by atoms with Gasteiger partial charge in [-0.15, -0.1) is 12.4 Å². The van der Waals surface area contributed by atoms with Crippen molar-refractivity contribution in [3.8, 4) is 0 Å². The second-order valence-electron chi connectivity index (χ2n) is 5.26. The van der Waals surface area contributed by atoms with Crippen LogP contribution in [-0.2, 0) is 4.79 Å². The maximum atomic E-state index is 12.3. The number of nitrogens with one attached hydrogen (secondary N) is 2. The van der Waals surface area contributed by atoms with Gasteiger partial charge in [0.15, 0.2) is 0 Å². The Kier molecular flexibility index (Phi) is 8.38. The second kappa shape index (κ2) is 9.76. The highest BCUT2D eigenvalue weighted by atomic mass is 79.9. The van der Waals surface area contributed by atoms with E-state index in [-0.39, 0.29) is 36.7 Å². The van der Waals surface area contributed by atoms with E-state index in [4.69, 9.17) is 0 Å². The van der Waals surface area contributed by atoms with Crippen molar-refractivity contribution in [3.63, 3.8) is 0 Å². The lowest BCUT2D eigenvalue weighted by Crippen LogP contribution is -2.33. The van der Waals surface area contributed by atoms with Crippen molar-refractivity contribution >= 4 is 46.1 Å². The zero-order valence-corrected chi connectivity index (χ0v) is 15.8. The minimum atomic E-state index is -0.293. The van der Waals surface area contributed by atoms with Crippen LogP contribution in [0.3, 0.4) is 0 Å². The largest absolute Gasteiger partial charge is 0.355 e. The molecule has 2 N–H and O–H groups in total. The Morgan fingerprint density at radius 2 is 1.88 bits per heavy atom. The number of carbonyl (C=O) groups excluding carboxylic acids is 3. The van der Waals surface area contributed by atoms with Gasteiger partial charge in [0.2, 0.25) is 5.91 Å². The summed E-state index contributed by atoms with van der Waals surface area (Å²) in [4.78, 5) is 37.4. The van der Waals surface area contributed by atoms with Crippen LogP contribution in [0.1, 0.15) is 40.5 Å². The van der Waals surface area contributed by atoms with Gasteiger partial charge < -0.3 is 10.6 Å². The van der Waals surface area contributed by atoms with E-state index >= 15 is 0 Å². The molecule has 0 unspecified atom stereocenters. The summed E-state index contributed by atoms with van der Waals surface area (Å²) in [7, 11) is 0. The predicted octanol–water partition coefficient (Wildman–Crippen LogP) is 1.97. The zero-order chi connectivity index (χ0) is 16.8. The molecule has 132 valence electrons. The number of carbonyl (C=O) groups is 3. The van der Waals surface area contributed by atoms with Crippen molar-refractivity contribution in [3.05, 3.63) is 33.8 Å². The number of rotatable bonds is 8. The van der Waals surface area contributed by atoms with Crippen molar-refractivity contribution in [2.45, 2.75) is 19.8 Å². The summed E-state index contributed by atoms with van der Waals surface area (Å²) < 4.78 is 0.763. The minimum Gasteiger partial charge on any atom is -0.355 e. The van der Waals surface area contributed by atoms with Gasteiger partial charge in [0.1, 0.15) is 0 Å². The Morgan fingerprint density at radius 3 is 2.58 bits per heavy atom. The van der Waals surface area contributed by atoms with Gasteiger partial charge in [-0.25, -0.2) is 0 Å². The Hall–Kier alpha value is -1.44. The fourth-order valence-electron chi connectivity index (χ4n) is 2.42. The van der Waals surface area contributed by atoms with Crippen LogP contribution in [0.2, 0.25) is 0 Å². The Bertz CT molecular complexity index is 625. The number of likely N-dealkylation sites (N-methyl/N-ethyl adjacent to an activating group) is 1. The minimum absolute atomic E-state index is 0. The third kappa shape index (κ3) is 5.03. The van der Waals surface area contributed by atoms with Crippen LogP contribution in [0.25, 0.3) is 0 Å². The summed E-state index contributed by atoms with van der Waals surface area (Å²) in [6.07, 6.45) is 0.753. The zero-order valence-electron chi connectivity index (χ0n) is 13.4. The van der Waals surface area contributed by atoms with Crippen molar-refractivity contribution in [1.29, 1.82) is 0 Å². The van der Waals surface area contributed by atoms with E-state index in [1.165, 1.54) is 4.90 Å². The molecule has 1 aromatic rings. The molecule has 0 atom stereocenters. The summed E-state index contributed by atoms with van der Waals surface area (Å²) >= 11 is 3.30. The Morgan fingerprint density at radius 1 is 1.17 bits per heavy atom. The maximum absolute atomic E-state index is 12.3. The van der Waals surface area contributed by atoms with Gasteiger partial charge in [0, 0.05) is 30.5 Å². The Balaban J connectivity index is 0.00000288. The normalized spacial score (nSPS) is 12.8. The summed E-state index contributed by atoms with van der Waals surface area (Å²) in [5.41, 5.74) is 0.841. The quantitative estimate of drug-likeness (QED) is 0.500. The molecule has 2 rings (SSSR count). The van der Waals surface area contributed by atoms with E-state index in [1.807, 2.05) is 6.92 Å². The molecule has 0 radical (unpaired) electrons. The molecule has 0 spiro atoms. The summed E-state index contributed by atoms with van der Waals surface area (Å²) in [6, 6.07) is 5.04. The van der Waals surface area contributed by atoms with Crippen molar-refractivity contribution < 1.29 is 14.4 Å². The topological polar surface area (TPSA) is 78.5 Å². The average molecular weight is 419 g/mol. The molecule has 0 saturated heterocycles. The van der Waals surface area contributed by atoms with Gasteiger partial charge in [0.05, 0.1) is 11.1 Å². The second-order valence-corrected chi connectivity index (χ2v) is 6.17. The van der Waals surface area contributed by atoms with E-state index in [0.717, 1.165) is 17.6 Å². The third-order valence-corrected chi connectivity index (χ3v) is 4.09. The number of amides is 3. The highest BCUT2D eigenvalue weighted by Gasteiger charge is 2.35. The number of hydrogen-bond acceptors (Lipinski definition) is 4. The number of benzene rings is 1. The average Bonchev–Trinajstić information content (AvgIpc) is 2.76. The van der Waals surface area contributed by atoms with Crippen LogP contribution in [-0.4, -0.2) is 48.8 Å². The van der Waals surface area contributed by atoms with Gasteiger partial charge in [-0.2, -0.15) is 0 Å². The molecule has 8 heteroatoms. The number of nitrogens with zero attached hydrogens (tertiary/aromatic N) is 1. The van der Waals surface area contributed by atoms with Crippen molar-refractivity contribution in [1.82, 2.24) is 15.5 Å². The molecular weight excluding hydrogens is 398 g/mol. The van der Waals surface area contributed by atoms with Crippen LogP contribution < -0.4 is 10.6 Å². The van der Waals surface area contributed by atoms with Gasteiger partial charge in [-0.3, -0.25) is 19.3 Å². The lowest BCUT2D eigenvalue weighted by Gasteiger charge is -2.13. The molecule has 1 heterocycles. The molecule has 24 heavy (non-hydrogen) atoms. The van der Waals surface area contributed by atoms with Gasteiger partial charge in [-0.1, -0.05) is 22.9 Å². The number of fused-ring (bicyclic) bond motifs is 1. The summed E-state index contributed by atoms with van der Waals surface area (Å²) in [5, 5.41) is 5.91. The number of imide groups is 1. The van der Waals surface area contributed by atoms with Crippen LogP contribution >= 0.6 is 28.3 Å². The molecule has 3 amide bonds. The summed E-state index contributed by atoms with van der Waals surface area (Å²) in [6.45, 7) is 4.43. The lowest BCUT2D eigenvalue weighted by molar-refractivity contribution is -0.121. The Labute approximate surface area is 155 Å². The van der Waals surface area contributed by atoms with Gasteiger partial charge in [-0.05, 0) is 31.2 Å². The predicted molar refractivity (Wildman–Crippen MR) is 97.5 cm³/mol. The van der Waals surface area contributed by atoms with Gasteiger partial charge >= 0.3 is 0 Å². The molecule has 1 aromatic carbocycles. The van der Waals surface area contributed by atoms with Crippen LogP contribution in [0.4, 0.5) is 0 Å².